The van der Waals surface area contributed by atoms with Gasteiger partial charge in [0.1, 0.15) is 6.54 Å². The van der Waals surface area contributed by atoms with Crippen LogP contribution in [0, 0.1) is 17.8 Å². The van der Waals surface area contributed by atoms with Crippen LogP contribution in [0.4, 0.5) is 4.79 Å². The minimum Gasteiger partial charge on any atom is -0.394 e. The van der Waals surface area contributed by atoms with Crippen molar-refractivity contribution >= 4 is 11.9 Å². The van der Waals surface area contributed by atoms with Crippen molar-refractivity contribution in [1.82, 2.24) is 15.1 Å². The van der Waals surface area contributed by atoms with Gasteiger partial charge in [-0.1, -0.05) is 50.7 Å². The van der Waals surface area contributed by atoms with Crippen LogP contribution in [0.2, 0.25) is 0 Å². The van der Waals surface area contributed by atoms with E-state index >= 15 is 0 Å². The quantitative estimate of drug-likeness (QED) is 0.753. The molecule has 30 heavy (non-hydrogen) atoms. The molecule has 3 fully saturated rings. The molecule has 1 aromatic rings. The number of nitrogens with zero attached hydrogens (tertiary/aromatic N) is 2. The Hall–Kier alpha value is -2.52. The smallest absolute Gasteiger partial charge is 0.318 e. The second-order valence-electron chi connectivity index (χ2n) is 9.00. The van der Waals surface area contributed by atoms with E-state index < -0.39 is 0 Å². The van der Waals surface area contributed by atoms with Crippen molar-refractivity contribution in [2.75, 3.05) is 19.7 Å². The van der Waals surface area contributed by atoms with E-state index in [1.807, 2.05) is 24.3 Å². The summed E-state index contributed by atoms with van der Waals surface area (Å²) in [7, 11) is 0. The van der Waals surface area contributed by atoms with Crippen LogP contribution in [-0.4, -0.2) is 64.7 Å². The van der Waals surface area contributed by atoms with Crippen molar-refractivity contribution in [1.29, 1.82) is 0 Å². The van der Waals surface area contributed by atoms with Crippen LogP contribution in [0.25, 0.3) is 0 Å². The normalized spacial score (nSPS) is 26.1. The number of rotatable bonds is 3. The van der Waals surface area contributed by atoms with E-state index in [1.165, 1.54) is 0 Å². The summed E-state index contributed by atoms with van der Waals surface area (Å²) in [4.78, 5) is 28.9. The molecule has 2 N–H and O–H groups in total. The van der Waals surface area contributed by atoms with Gasteiger partial charge in [0.2, 0.25) is 5.91 Å². The zero-order valence-corrected chi connectivity index (χ0v) is 17.8. The van der Waals surface area contributed by atoms with E-state index in [9.17, 15) is 14.7 Å². The molecular formula is C24H31N3O3. The zero-order chi connectivity index (χ0) is 21.3. The molecule has 6 heteroatoms. The number of benzene rings is 1. The van der Waals surface area contributed by atoms with Gasteiger partial charge in [0.25, 0.3) is 0 Å². The Labute approximate surface area is 178 Å². The third-order valence-corrected chi connectivity index (χ3v) is 6.52. The molecule has 0 spiro atoms. The molecule has 160 valence electrons. The maximum Gasteiger partial charge on any atom is 0.318 e. The van der Waals surface area contributed by atoms with Gasteiger partial charge in [0.15, 0.2) is 0 Å². The van der Waals surface area contributed by atoms with E-state index in [0.29, 0.717) is 12.5 Å². The average Bonchev–Trinajstić information content (AvgIpc) is 3.21. The minimum atomic E-state index is -0.227. The molecule has 0 radical (unpaired) electrons. The Bertz CT molecular complexity index is 849. The number of urea groups is 1. The van der Waals surface area contributed by atoms with Gasteiger partial charge in [-0.3, -0.25) is 4.79 Å². The van der Waals surface area contributed by atoms with Crippen molar-refractivity contribution in [3.63, 3.8) is 0 Å². The monoisotopic (exact) mass is 409 g/mol. The van der Waals surface area contributed by atoms with Crippen molar-refractivity contribution in [3.05, 3.63) is 35.4 Å². The number of fused-ring (bicyclic) bond motifs is 1. The third-order valence-electron chi connectivity index (χ3n) is 6.52. The number of hydrogen-bond donors (Lipinski definition) is 2. The van der Waals surface area contributed by atoms with Crippen LogP contribution >= 0.6 is 0 Å². The van der Waals surface area contributed by atoms with E-state index in [0.717, 1.165) is 36.8 Å². The number of hydrogen-bond acceptors (Lipinski definition) is 3. The Morgan fingerprint density at radius 1 is 1.23 bits per heavy atom. The molecule has 3 aliphatic rings. The second kappa shape index (κ2) is 8.69. The first kappa shape index (κ1) is 20.7. The highest BCUT2D eigenvalue weighted by molar-refractivity contribution is 5.87. The molecule has 3 atom stereocenters. The molecule has 2 saturated heterocycles. The van der Waals surface area contributed by atoms with Crippen LogP contribution in [0.15, 0.2) is 24.3 Å². The predicted octanol–water partition coefficient (Wildman–Crippen LogP) is 2.32. The van der Waals surface area contributed by atoms with Gasteiger partial charge >= 0.3 is 6.03 Å². The van der Waals surface area contributed by atoms with Crippen LogP contribution in [0.5, 0.6) is 0 Å². The Balaban J connectivity index is 1.48. The van der Waals surface area contributed by atoms with Gasteiger partial charge in [-0.05, 0) is 30.5 Å². The number of nitrogens with one attached hydrogen (secondary N) is 1. The molecule has 1 aliphatic carbocycles. The summed E-state index contributed by atoms with van der Waals surface area (Å²) in [5, 5.41) is 13.0. The molecular weight excluding hydrogens is 378 g/mol. The van der Waals surface area contributed by atoms with Crippen molar-refractivity contribution in [2.45, 2.75) is 63.6 Å². The van der Waals surface area contributed by atoms with Gasteiger partial charge in [-0.15, -0.1) is 0 Å². The summed E-state index contributed by atoms with van der Waals surface area (Å²) in [6, 6.07) is 7.84. The number of amides is 3. The second-order valence-corrected chi connectivity index (χ2v) is 9.00. The molecule has 2 aliphatic heterocycles. The van der Waals surface area contributed by atoms with Crippen LogP contribution < -0.4 is 5.32 Å². The maximum atomic E-state index is 12.7. The number of carbonyl (C=O) groups excluding carboxylic acids is 2. The lowest BCUT2D eigenvalue weighted by molar-refractivity contribution is -0.159. The SMILES string of the molecule is CC(C)C#Cc1ccc([C@@H]2[C@H](CO)N3C(=O)CN(C(=O)NC4CCCC4)C[C@@H]23)cc1. The van der Waals surface area contributed by atoms with E-state index in [2.05, 4.69) is 31.0 Å². The minimum absolute atomic E-state index is 0.0214. The van der Waals surface area contributed by atoms with Crippen LogP contribution in [-0.2, 0) is 4.79 Å². The summed E-state index contributed by atoms with van der Waals surface area (Å²) in [5.74, 6) is 6.59. The highest BCUT2D eigenvalue weighted by Gasteiger charge is 2.54. The summed E-state index contributed by atoms with van der Waals surface area (Å²) in [5.41, 5.74) is 2.04. The first-order valence-electron chi connectivity index (χ1n) is 11.1. The lowest BCUT2D eigenvalue weighted by Gasteiger charge is -2.58. The van der Waals surface area contributed by atoms with Gasteiger partial charge in [0.05, 0.1) is 18.7 Å². The molecule has 6 nitrogen and oxygen atoms in total. The van der Waals surface area contributed by atoms with Gasteiger partial charge < -0.3 is 20.2 Å². The maximum absolute atomic E-state index is 12.7. The number of piperazine rings is 1. The summed E-state index contributed by atoms with van der Waals surface area (Å²) in [6.45, 7) is 4.63. The standard InChI is InChI=1S/C24H31N3O3/c1-16(2)7-8-17-9-11-18(12-10-17)23-20-13-26(14-22(29)27(20)21(23)15-28)24(30)25-19-5-3-4-6-19/h9-12,16,19-21,23,28H,3-6,13-15H2,1-2H3,(H,25,30)/t20-,21-,23-/m0/s1. The van der Waals surface area contributed by atoms with Crippen LogP contribution in [0.1, 0.15) is 56.6 Å². The van der Waals surface area contributed by atoms with E-state index in [1.54, 1.807) is 9.80 Å². The number of carbonyl (C=O) groups is 2. The molecule has 0 bridgehead atoms. The molecule has 4 rings (SSSR count). The number of aliphatic hydroxyl groups excluding tert-OH is 1. The van der Waals surface area contributed by atoms with Gasteiger partial charge in [-0.25, -0.2) is 4.79 Å². The average molecular weight is 410 g/mol. The molecule has 3 amide bonds. The van der Waals surface area contributed by atoms with Crippen molar-refractivity contribution in [2.24, 2.45) is 5.92 Å². The largest absolute Gasteiger partial charge is 0.394 e. The highest BCUT2D eigenvalue weighted by Crippen LogP contribution is 2.42. The van der Waals surface area contributed by atoms with Crippen molar-refractivity contribution < 1.29 is 14.7 Å². The molecule has 0 unspecified atom stereocenters. The summed E-state index contributed by atoms with van der Waals surface area (Å²) >= 11 is 0. The molecule has 1 aromatic carbocycles. The number of aliphatic hydroxyl groups is 1. The Kier molecular flexibility index (Phi) is 6.01. The first-order chi connectivity index (χ1) is 14.5. The van der Waals surface area contributed by atoms with Crippen molar-refractivity contribution in [3.8, 4) is 11.8 Å². The lowest BCUT2D eigenvalue weighted by atomic mass is 9.73. The van der Waals surface area contributed by atoms with Crippen LogP contribution in [0.3, 0.4) is 0 Å². The van der Waals surface area contributed by atoms with E-state index in [4.69, 9.17) is 0 Å². The predicted molar refractivity (Wildman–Crippen MR) is 115 cm³/mol. The third kappa shape index (κ3) is 4.04. The zero-order valence-electron chi connectivity index (χ0n) is 17.8. The Morgan fingerprint density at radius 2 is 1.93 bits per heavy atom. The first-order valence-corrected chi connectivity index (χ1v) is 11.1. The Morgan fingerprint density at radius 3 is 2.57 bits per heavy atom. The van der Waals surface area contributed by atoms with Gasteiger partial charge in [-0.2, -0.15) is 0 Å². The summed E-state index contributed by atoms with van der Waals surface area (Å²) < 4.78 is 0. The fraction of sp³-hybridized carbons (Fsp3) is 0.583. The molecule has 1 saturated carbocycles. The highest BCUT2D eigenvalue weighted by atomic mass is 16.3. The lowest BCUT2D eigenvalue weighted by Crippen LogP contribution is -2.74. The summed E-state index contributed by atoms with van der Waals surface area (Å²) in [6.07, 6.45) is 4.34. The molecule has 2 heterocycles. The fourth-order valence-corrected chi connectivity index (χ4v) is 5.01. The van der Waals surface area contributed by atoms with E-state index in [-0.39, 0.29) is 49.1 Å². The molecule has 0 aromatic heterocycles. The van der Waals surface area contributed by atoms with Gasteiger partial charge in [0, 0.05) is 30.0 Å². The fourth-order valence-electron chi connectivity index (χ4n) is 5.01. The topological polar surface area (TPSA) is 72.9 Å².